The first kappa shape index (κ1) is 15.5. The number of ether oxygens (including phenoxy) is 1. The Bertz CT molecular complexity index is 603. The highest BCUT2D eigenvalue weighted by Gasteiger charge is 2.34. The molecule has 2 rings (SSSR count). The highest BCUT2D eigenvalue weighted by Crippen LogP contribution is 2.34. The van der Waals surface area contributed by atoms with E-state index in [-0.39, 0.29) is 5.75 Å². The fourth-order valence-electron chi connectivity index (χ4n) is 2.48. The molecule has 0 aliphatic rings. The van der Waals surface area contributed by atoms with Crippen molar-refractivity contribution in [3.05, 3.63) is 29.6 Å². The topological polar surface area (TPSA) is 68.4 Å². The molecule has 1 N–H and O–H groups in total. The van der Waals surface area contributed by atoms with Gasteiger partial charge in [0.25, 0.3) is 5.89 Å². The molecule has 0 radical (unpaired) electrons. The molecule has 1 aromatic carbocycles. The highest BCUT2D eigenvalue weighted by atomic mass is 16.5. The van der Waals surface area contributed by atoms with E-state index in [4.69, 9.17) is 9.26 Å². The van der Waals surface area contributed by atoms with E-state index in [1.54, 1.807) is 12.1 Å². The summed E-state index contributed by atoms with van der Waals surface area (Å²) >= 11 is 0. The second-order valence-corrected chi connectivity index (χ2v) is 5.01. The van der Waals surface area contributed by atoms with Gasteiger partial charge in [-0.25, -0.2) is 0 Å². The molecular formula is C16H22N2O3. The maximum Gasteiger partial charge on any atom is 0.258 e. The van der Waals surface area contributed by atoms with Crippen LogP contribution in [0, 0.1) is 6.92 Å². The van der Waals surface area contributed by atoms with Gasteiger partial charge in [-0.2, -0.15) is 4.98 Å². The van der Waals surface area contributed by atoms with Crippen LogP contribution in [0.3, 0.4) is 0 Å². The zero-order valence-corrected chi connectivity index (χ0v) is 13.0. The summed E-state index contributed by atoms with van der Waals surface area (Å²) in [6.45, 7) is 8.48. The molecule has 0 atom stereocenters. The lowest BCUT2D eigenvalue weighted by Gasteiger charge is -2.27. The smallest absolute Gasteiger partial charge is 0.258 e. The van der Waals surface area contributed by atoms with Crippen LogP contribution in [0.2, 0.25) is 0 Å². The number of phenolic OH excluding ortho intramolecular Hbond substituents is 1. The first-order valence-corrected chi connectivity index (χ1v) is 7.35. The van der Waals surface area contributed by atoms with Gasteiger partial charge in [0, 0.05) is 17.7 Å². The van der Waals surface area contributed by atoms with E-state index >= 15 is 0 Å². The molecule has 114 valence electrons. The largest absolute Gasteiger partial charge is 0.508 e. The van der Waals surface area contributed by atoms with Gasteiger partial charge in [0.05, 0.1) is 0 Å². The molecule has 0 saturated carbocycles. The average Bonchev–Trinajstić information content (AvgIpc) is 2.98. The summed E-state index contributed by atoms with van der Waals surface area (Å²) < 4.78 is 11.3. The van der Waals surface area contributed by atoms with E-state index in [0.29, 0.717) is 18.3 Å². The minimum atomic E-state index is -0.513. The van der Waals surface area contributed by atoms with Crippen LogP contribution in [0.25, 0.3) is 11.5 Å². The van der Waals surface area contributed by atoms with Crippen molar-refractivity contribution in [3.63, 3.8) is 0 Å². The number of rotatable bonds is 6. The lowest BCUT2D eigenvalue weighted by atomic mass is 9.96. The van der Waals surface area contributed by atoms with Crippen molar-refractivity contribution in [3.8, 4) is 17.2 Å². The van der Waals surface area contributed by atoms with Crippen molar-refractivity contribution in [1.82, 2.24) is 10.1 Å². The number of benzene rings is 1. The van der Waals surface area contributed by atoms with E-state index in [1.165, 1.54) is 0 Å². The molecule has 5 heteroatoms. The minimum absolute atomic E-state index is 0.217. The highest BCUT2D eigenvalue weighted by molar-refractivity contribution is 5.61. The summed E-state index contributed by atoms with van der Waals surface area (Å²) in [4.78, 5) is 4.50. The lowest BCUT2D eigenvalue weighted by Crippen LogP contribution is -2.29. The SMILES string of the molecule is CCOC(CC)(CC)c1noc(-c2cccc(O)c2C)n1. The van der Waals surface area contributed by atoms with Crippen molar-refractivity contribution in [2.24, 2.45) is 0 Å². The number of aromatic nitrogens is 2. The third-order valence-electron chi connectivity index (χ3n) is 3.93. The van der Waals surface area contributed by atoms with Gasteiger partial charge in [0.15, 0.2) is 0 Å². The van der Waals surface area contributed by atoms with Crippen molar-refractivity contribution in [1.29, 1.82) is 0 Å². The molecular weight excluding hydrogens is 268 g/mol. The van der Waals surface area contributed by atoms with Crippen molar-refractivity contribution in [2.75, 3.05) is 6.61 Å². The summed E-state index contributed by atoms with van der Waals surface area (Å²) in [6.07, 6.45) is 1.55. The monoisotopic (exact) mass is 290 g/mol. The molecule has 0 aliphatic carbocycles. The molecule has 1 aromatic heterocycles. The van der Waals surface area contributed by atoms with Gasteiger partial charge in [-0.05, 0) is 38.8 Å². The zero-order valence-electron chi connectivity index (χ0n) is 13.0. The van der Waals surface area contributed by atoms with Crippen LogP contribution in [0.15, 0.2) is 22.7 Å². The Labute approximate surface area is 125 Å². The summed E-state index contributed by atoms with van der Waals surface area (Å²) in [5, 5.41) is 13.9. The molecule has 5 nitrogen and oxygen atoms in total. The van der Waals surface area contributed by atoms with Crippen LogP contribution < -0.4 is 0 Å². The number of phenols is 1. The third-order valence-corrected chi connectivity index (χ3v) is 3.93. The molecule has 0 spiro atoms. The molecule has 0 saturated heterocycles. The standard InChI is InChI=1S/C16H22N2O3/c1-5-16(6-2,20-7-3)15-17-14(21-18-15)12-9-8-10-13(19)11(12)4/h8-10,19H,5-7H2,1-4H3. The Morgan fingerprint density at radius 1 is 1.24 bits per heavy atom. The minimum Gasteiger partial charge on any atom is -0.508 e. The molecule has 0 fully saturated rings. The van der Waals surface area contributed by atoms with Crippen LogP contribution >= 0.6 is 0 Å². The van der Waals surface area contributed by atoms with Gasteiger partial charge >= 0.3 is 0 Å². The van der Waals surface area contributed by atoms with Crippen molar-refractivity contribution < 1.29 is 14.4 Å². The molecule has 0 amide bonds. The summed E-state index contributed by atoms with van der Waals surface area (Å²) in [6, 6.07) is 5.25. The quantitative estimate of drug-likeness (QED) is 0.876. The van der Waals surface area contributed by atoms with E-state index in [2.05, 4.69) is 24.0 Å². The molecule has 0 bridgehead atoms. The van der Waals surface area contributed by atoms with Gasteiger partial charge < -0.3 is 14.4 Å². The second-order valence-electron chi connectivity index (χ2n) is 5.01. The van der Waals surface area contributed by atoms with Crippen LogP contribution in [0.1, 0.15) is 45.0 Å². The van der Waals surface area contributed by atoms with Crippen LogP contribution in [0.5, 0.6) is 5.75 Å². The average molecular weight is 290 g/mol. The fourth-order valence-corrected chi connectivity index (χ4v) is 2.48. The van der Waals surface area contributed by atoms with E-state index < -0.39 is 5.60 Å². The molecule has 21 heavy (non-hydrogen) atoms. The Kier molecular flexibility index (Phi) is 4.63. The lowest BCUT2D eigenvalue weighted by molar-refractivity contribution is -0.0583. The van der Waals surface area contributed by atoms with E-state index in [0.717, 1.165) is 24.0 Å². The number of aromatic hydroxyl groups is 1. The van der Waals surface area contributed by atoms with E-state index in [9.17, 15) is 5.11 Å². The Hall–Kier alpha value is -1.88. The first-order chi connectivity index (χ1) is 10.1. The Balaban J connectivity index is 2.43. The first-order valence-electron chi connectivity index (χ1n) is 7.35. The Morgan fingerprint density at radius 2 is 1.95 bits per heavy atom. The maximum absolute atomic E-state index is 9.79. The van der Waals surface area contributed by atoms with Crippen LogP contribution in [-0.4, -0.2) is 21.9 Å². The van der Waals surface area contributed by atoms with Gasteiger partial charge in [-0.15, -0.1) is 0 Å². The third kappa shape index (κ3) is 2.78. The summed E-state index contributed by atoms with van der Waals surface area (Å²) in [7, 11) is 0. The number of hydrogen-bond donors (Lipinski definition) is 1. The van der Waals surface area contributed by atoms with Crippen LogP contribution in [0.4, 0.5) is 0 Å². The van der Waals surface area contributed by atoms with Crippen molar-refractivity contribution >= 4 is 0 Å². The van der Waals surface area contributed by atoms with Gasteiger partial charge in [-0.3, -0.25) is 0 Å². The molecule has 0 unspecified atom stereocenters. The molecule has 2 aromatic rings. The number of hydrogen-bond acceptors (Lipinski definition) is 5. The van der Waals surface area contributed by atoms with Crippen LogP contribution in [-0.2, 0) is 10.3 Å². The van der Waals surface area contributed by atoms with Crippen molar-refractivity contribution in [2.45, 2.75) is 46.1 Å². The normalized spacial score (nSPS) is 11.8. The van der Waals surface area contributed by atoms with E-state index in [1.807, 2.05) is 19.9 Å². The van der Waals surface area contributed by atoms with Gasteiger partial charge in [0.2, 0.25) is 5.82 Å². The van der Waals surface area contributed by atoms with Gasteiger partial charge in [0.1, 0.15) is 11.4 Å². The number of nitrogens with zero attached hydrogens (tertiary/aromatic N) is 2. The van der Waals surface area contributed by atoms with Gasteiger partial charge in [-0.1, -0.05) is 25.1 Å². The predicted molar refractivity (Wildman–Crippen MR) is 80.0 cm³/mol. The predicted octanol–water partition coefficient (Wildman–Crippen LogP) is 3.80. The maximum atomic E-state index is 9.79. The molecule has 1 heterocycles. The Morgan fingerprint density at radius 3 is 2.57 bits per heavy atom. The second kappa shape index (κ2) is 6.26. The summed E-state index contributed by atoms with van der Waals surface area (Å²) in [5.41, 5.74) is 0.954. The fraction of sp³-hybridized carbons (Fsp3) is 0.500. The molecule has 0 aliphatic heterocycles. The zero-order chi connectivity index (χ0) is 15.5. The summed E-state index contributed by atoms with van der Waals surface area (Å²) in [5.74, 6) is 1.19.